The smallest absolute Gasteiger partial charge is 0.330 e. The summed E-state index contributed by atoms with van der Waals surface area (Å²) < 4.78 is 0. The Bertz CT molecular complexity index is 283. The van der Waals surface area contributed by atoms with Crippen LogP contribution in [0.5, 0.6) is 0 Å². The molecule has 0 heterocycles. The van der Waals surface area contributed by atoms with Crippen LogP contribution in [0.2, 0.25) is 0 Å². The van der Waals surface area contributed by atoms with Crippen molar-refractivity contribution in [3.05, 3.63) is 12.2 Å². The number of carbonyl (C=O) groups is 1. The molecule has 0 aromatic heterocycles. The Hall–Kier alpha value is -0.790. The van der Waals surface area contributed by atoms with Gasteiger partial charge in [-0.3, -0.25) is 0 Å². The van der Waals surface area contributed by atoms with Gasteiger partial charge < -0.3 is 5.11 Å². The maximum atomic E-state index is 11.0. The number of rotatable bonds is 16. The lowest BCUT2D eigenvalue weighted by atomic mass is 9.89. The molecule has 0 bridgehead atoms. The van der Waals surface area contributed by atoms with Gasteiger partial charge in [-0.2, -0.15) is 0 Å². The van der Waals surface area contributed by atoms with E-state index < -0.39 is 5.97 Å². The van der Waals surface area contributed by atoms with Crippen LogP contribution < -0.4 is 0 Å². The van der Waals surface area contributed by atoms with Crippen LogP contribution in [0, 0.1) is 5.92 Å². The van der Waals surface area contributed by atoms with Crippen molar-refractivity contribution in [2.75, 3.05) is 0 Å². The van der Waals surface area contributed by atoms with Crippen LogP contribution in [0.15, 0.2) is 12.2 Å². The van der Waals surface area contributed by atoms with E-state index >= 15 is 0 Å². The average molecular weight is 311 g/mol. The maximum absolute atomic E-state index is 11.0. The Morgan fingerprint density at radius 1 is 0.818 bits per heavy atom. The summed E-state index contributed by atoms with van der Waals surface area (Å²) in [4.78, 5) is 11.0. The molecule has 0 aliphatic heterocycles. The number of carboxylic acid groups (broad SMARTS) is 1. The molecule has 0 spiro atoms. The molecule has 0 aromatic rings. The largest absolute Gasteiger partial charge is 0.478 e. The monoisotopic (exact) mass is 310 g/mol. The van der Waals surface area contributed by atoms with Crippen molar-refractivity contribution in [1.29, 1.82) is 0 Å². The van der Waals surface area contributed by atoms with Gasteiger partial charge in [0.25, 0.3) is 0 Å². The summed E-state index contributed by atoms with van der Waals surface area (Å²) in [7, 11) is 0. The van der Waals surface area contributed by atoms with Crippen molar-refractivity contribution in [3.8, 4) is 0 Å². The second-order valence-corrected chi connectivity index (χ2v) is 6.74. The number of aliphatic carboxylic acids is 1. The highest BCUT2D eigenvalue weighted by Gasteiger charge is 2.13. The molecule has 22 heavy (non-hydrogen) atoms. The van der Waals surface area contributed by atoms with Gasteiger partial charge in [0, 0.05) is 5.57 Å². The third-order valence-corrected chi connectivity index (χ3v) is 4.52. The van der Waals surface area contributed by atoms with Crippen LogP contribution in [0.25, 0.3) is 0 Å². The highest BCUT2D eigenvalue weighted by atomic mass is 16.4. The molecular weight excluding hydrogens is 272 g/mol. The average Bonchev–Trinajstić information content (AvgIpc) is 2.49. The molecule has 1 atom stereocenters. The third kappa shape index (κ3) is 12.9. The van der Waals surface area contributed by atoms with E-state index in [9.17, 15) is 4.79 Å². The summed E-state index contributed by atoms with van der Waals surface area (Å²) in [5.74, 6) is -0.299. The first kappa shape index (κ1) is 21.2. The van der Waals surface area contributed by atoms with Gasteiger partial charge in [0.1, 0.15) is 0 Å². The number of carboxylic acids is 1. The summed E-state index contributed by atoms with van der Waals surface area (Å²) >= 11 is 0. The van der Waals surface area contributed by atoms with Gasteiger partial charge in [-0.15, -0.1) is 0 Å². The minimum atomic E-state index is -0.823. The lowest BCUT2D eigenvalue weighted by molar-refractivity contribution is -0.132. The zero-order valence-corrected chi connectivity index (χ0v) is 15.0. The molecule has 0 radical (unpaired) electrons. The predicted octanol–water partition coefficient (Wildman–Crippen LogP) is 6.74. The highest BCUT2D eigenvalue weighted by molar-refractivity contribution is 5.85. The zero-order chi connectivity index (χ0) is 16.6. The molecule has 130 valence electrons. The van der Waals surface area contributed by atoms with Gasteiger partial charge in [-0.1, -0.05) is 104 Å². The summed E-state index contributed by atoms with van der Waals surface area (Å²) in [5, 5.41) is 9.02. The molecule has 0 aromatic carbocycles. The molecule has 0 rings (SSSR count). The fourth-order valence-electron chi connectivity index (χ4n) is 3.03. The molecule has 1 unspecified atom stereocenters. The van der Waals surface area contributed by atoms with Gasteiger partial charge in [0.05, 0.1) is 0 Å². The normalized spacial score (nSPS) is 12.3. The molecular formula is C20H38O2. The van der Waals surface area contributed by atoms with Gasteiger partial charge in [-0.05, 0) is 12.3 Å². The number of hydrogen-bond donors (Lipinski definition) is 1. The van der Waals surface area contributed by atoms with E-state index in [0.717, 1.165) is 6.42 Å². The molecule has 0 saturated heterocycles. The molecule has 0 aliphatic carbocycles. The summed E-state index contributed by atoms with van der Waals surface area (Å²) in [6.45, 7) is 8.17. The second-order valence-electron chi connectivity index (χ2n) is 6.74. The van der Waals surface area contributed by atoms with E-state index in [1.807, 2.05) is 0 Å². The SMILES string of the molecule is C=C(CC(CCCCC)CCCCCCCCCC)C(=O)O. The standard InChI is InChI=1S/C20H38O2/c1-4-6-8-9-10-11-12-14-16-19(15-13-7-5-2)17-18(3)20(21)22/h19H,3-17H2,1-2H3,(H,21,22). The van der Waals surface area contributed by atoms with Crippen LogP contribution in [0.3, 0.4) is 0 Å². The molecule has 0 fully saturated rings. The molecule has 2 heteroatoms. The zero-order valence-electron chi connectivity index (χ0n) is 15.0. The number of unbranched alkanes of at least 4 members (excludes halogenated alkanes) is 9. The van der Waals surface area contributed by atoms with E-state index in [4.69, 9.17) is 5.11 Å². The maximum Gasteiger partial charge on any atom is 0.330 e. The van der Waals surface area contributed by atoms with Crippen molar-refractivity contribution in [3.63, 3.8) is 0 Å². The topological polar surface area (TPSA) is 37.3 Å². The van der Waals surface area contributed by atoms with Crippen LogP contribution >= 0.6 is 0 Å². The summed E-state index contributed by atoms with van der Waals surface area (Å²) in [5.41, 5.74) is 0.390. The van der Waals surface area contributed by atoms with Crippen LogP contribution in [-0.4, -0.2) is 11.1 Å². The molecule has 1 N–H and O–H groups in total. The van der Waals surface area contributed by atoms with Gasteiger partial charge >= 0.3 is 5.97 Å². The highest BCUT2D eigenvalue weighted by Crippen LogP contribution is 2.24. The Morgan fingerprint density at radius 3 is 1.73 bits per heavy atom. The van der Waals surface area contributed by atoms with E-state index in [1.54, 1.807) is 0 Å². The fraction of sp³-hybridized carbons (Fsp3) is 0.850. The van der Waals surface area contributed by atoms with Crippen LogP contribution in [0.1, 0.15) is 104 Å². The fourth-order valence-corrected chi connectivity index (χ4v) is 3.03. The first-order valence-electron chi connectivity index (χ1n) is 9.52. The van der Waals surface area contributed by atoms with E-state index in [-0.39, 0.29) is 0 Å². The minimum Gasteiger partial charge on any atom is -0.478 e. The van der Waals surface area contributed by atoms with Gasteiger partial charge in [0.2, 0.25) is 0 Å². The second kappa shape index (κ2) is 15.1. The Kier molecular flexibility index (Phi) is 14.6. The summed E-state index contributed by atoms with van der Waals surface area (Å²) in [6, 6.07) is 0. The molecule has 2 nitrogen and oxygen atoms in total. The van der Waals surface area contributed by atoms with Crippen molar-refractivity contribution >= 4 is 5.97 Å². The van der Waals surface area contributed by atoms with Gasteiger partial charge in [-0.25, -0.2) is 4.79 Å². The number of hydrogen-bond acceptors (Lipinski definition) is 1. The Labute approximate surface area is 138 Å². The summed E-state index contributed by atoms with van der Waals surface area (Å²) in [6.07, 6.45) is 17.4. The molecule has 0 amide bonds. The van der Waals surface area contributed by atoms with Crippen LogP contribution in [0.4, 0.5) is 0 Å². The predicted molar refractivity (Wildman–Crippen MR) is 96.3 cm³/mol. The Balaban J connectivity index is 3.82. The first-order chi connectivity index (χ1) is 10.6. The van der Waals surface area contributed by atoms with Crippen LogP contribution in [-0.2, 0) is 4.79 Å². The van der Waals surface area contributed by atoms with Gasteiger partial charge in [0.15, 0.2) is 0 Å². The lowest BCUT2D eigenvalue weighted by Gasteiger charge is -2.16. The van der Waals surface area contributed by atoms with Crippen molar-refractivity contribution in [2.45, 2.75) is 104 Å². The quantitative estimate of drug-likeness (QED) is 0.253. The molecule has 0 aliphatic rings. The van der Waals surface area contributed by atoms with Crippen molar-refractivity contribution < 1.29 is 9.90 Å². The molecule has 0 saturated carbocycles. The van der Waals surface area contributed by atoms with E-state index in [1.165, 1.54) is 77.0 Å². The van der Waals surface area contributed by atoms with E-state index in [2.05, 4.69) is 20.4 Å². The van der Waals surface area contributed by atoms with Crippen molar-refractivity contribution in [2.24, 2.45) is 5.92 Å². The Morgan fingerprint density at radius 2 is 1.23 bits per heavy atom. The lowest BCUT2D eigenvalue weighted by Crippen LogP contribution is -2.08. The minimum absolute atomic E-state index is 0.390. The van der Waals surface area contributed by atoms with Crippen molar-refractivity contribution in [1.82, 2.24) is 0 Å². The first-order valence-corrected chi connectivity index (χ1v) is 9.52. The van der Waals surface area contributed by atoms with E-state index in [0.29, 0.717) is 17.9 Å². The third-order valence-electron chi connectivity index (χ3n) is 4.52.